The molecule has 1 atom stereocenters. The van der Waals surface area contributed by atoms with Gasteiger partial charge >= 0.3 is 0 Å². The summed E-state index contributed by atoms with van der Waals surface area (Å²) in [5.41, 5.74) is 3.73. The number of imidazole rings is 1. The Morgan fingerprint density at radius 1 is 1.32 bits per heavy atom. The summed E-state index contributed by atoms with van der Waals surface area (Å²) in [5, 5.41) is 3.07. The first kappa shape index (κ1) is 15.7. The number of nitrogens with zero attached hydrogens (tertiary/aromatic N) is 2. The summed E-state index contributed by atoms with van der Waals surface area (Å²) in [6, 6.07) is 13.8. The average molecular weight is 335 g/mol. The first-order valence-corrected chi connectivity index (χ1v) is 8.60. The minimum Gasteiger partial charge on any atom is -0.493 e. The highest BCUT2D eigenvalue weighted by Crippen LogP contribution is 2.26. The zero-order valence-corrected chi connectivity index (χ0v) is 14.2. The molecule has 3 aromatic rings. The molecule has 1 unspecified atom stereocenters. The van der Waals surface area contributed by atoms with Gasteiger partial charge in [0.25, 0.3) is 5.91 Å². The smallest absolute Gasteiger partial charge is 0.251 e. The number of benzene rings is 2. The first-order chi connectivity index (χ1) is 12.2. The van der Waals surface area contributed by atoms with Crippen molar-refractivity contribution in [2.45, 2.75) is 12.8 Å². The van der Waals surface area contributed by atoms with Crippen molar-refractivity contribution in [3.05, 3.63) is 59.9 Å². The number of para-hydroxylation sites is 1. The van der Waals surface area contributed by atoms with Gasteiger partial charge in [-0.3, -0.25) is 4.79 Å². The van der Waals surface area contributed by atoms with Crippen LogP contribution in [0, 0.1) is 5.92 Å². The van der Waals surface area contributed by atoms with Gasteiger partial charge in [0.2, 0.25) is 0 Å². The Bertz CT molecular complexity index is 916. The maximum Gasteiger partial charge on any atom is 0.251 e. The topological polar surface area (TPSA) is 56.2 Å². The van der Waals surface area contributed by atoms with E-state index in [-0.39, 0.29) is 5.91 Å². The van der Waals surface area contributed by atoms with E-state index in [1.165, 1.54) is 5.56 Å². The third-order valence-corrected chi connectivity index (χ3v) is 4.80. The molecule has 0 aliphatic carbocycles. The molecule has 0 radical (unpaired) electrons. The second-order valence-corrected chi connectivity index (χ2v) is 6.58. The molecule has 1 aliphatic rings. The molecular formula is C20H21N3O2. The summed E-state index contributed by atoms with van der Waals surface area (Å²) in [5.74, 6) is 1.30. The van der Waals surface area contributed by atoms with Gasteiger partial charge in [0.05, 0.1) is 24.0 Å². The van der Waals surface area contributed by atoms with Gasteiger partial charge in [0.15, 0.2) is 0 Å². The van der Waals surface area contributed by atoms with Crippen LogP contribution in [0.4, 0.5) is 0 Å². The number of hydrogen-bond donors (Lipinski definition) is 1. The molecule has 1 aliphatic heterocycles. The van der Waals surface area contributed by atoms with Gasteiger partial charge in [-0.25, -0.2) is 4.98 Å². The first-order valence-electron chi connectivity index (χ1n) is 8.60. The molecule has 4 rings (SSSR count). The molecule has 25 heavy (non-hydrogen) atoms. The fourth-order valence-corrected chi connectivity index (χ4v) is 3.35. The SMILES string of the molecule is Cn1cnc2cc(C(=O)NCC3CCOc4ccccc4C3)ccc21. The van der Waals surface area contributed by atoms with Gasteiger partial charge in [-0.15, -0.1) is 0 Å². The molecule has 0 fully saturated rings. The van der Waals surface area contributed by atoms with Crippen molar-refractivity contribution in [1.29, 1.82) is 0 Å². The molecule has 1 N–H and O–H groups in total. The predicted octanol–water partition coefficient (Wildman–Crippen LogP) is 2.94. The van der Waals surface area contributed by atoms with Gasteiger partial charge in [-0.1, -0.05) is 18.2 Å². The van der Waals surface area contributed by atoms with Gasteiger partial charge in [-0.2, -0.15) is 0 Å². The summed E-state index contributed by atoms with van der Waals surface area (Å²) in [6.45, 7) is 1.34. The molecule has 5 heteroatoms. The number of hydrogen-bond acceptors (Lipinski definition) is 3. The van der Waals surface area contributed by atoms with Crippen molar-refractivity contribution in [2.75, 3.05) is 13.2 Å². The second-order valence-electron chi connectivity index (χ2n) is 6.58. The number of nitrogens with one attached hydrogen (secondary N) is 1. The van der Waals surface area contributed by atoms with E-state index in [2.05, 4.69) is 16.4 Å². The van der Waals surface area contributed by atoms with Crippen LogP contribution in [0.3, 0.4) is 0 Å². The van der Waals surface area contributed by atoms with Crippen molar-refractivity contribution in [3.63, 3.8) is 0 Å². The molecule has 0 saturated carbocycles. The van der Waals surface area contributed by atoms with E-state index in [9.17, 15) is 4.79 Å². The number of fused-ring (bicyclic) bond motifs is 2. The van der Waals surface area contributed by atoms with Gasteiger partial charge < -0.3 is 14.6 Å². The van der Waals surface area contributed by atoms with Gasteiger partial charge in [-0.05, 0) is 48.6 Å². The Kier molecular flexibility index (Phi) is 4.14. The van der Waals surface area contributed by atoms with Gasteiger partial charge in [0.1, 0.15) is 5.75 Å². The number of ether oxygens (including phenoxy) is 1. The minimum atomic E-state index is -0.0500. The molecule has 2 heterocycles. The highest BCUT2D eigenvalue weighted by molar-refractivity contribution is 5.97. The van der Waals surface area contributed by atoms with E-state index in [1.54, 1.807) is 6.33 Å². The van der Waals surface area contributed by atoms with E-state index in [4.69, 9.17) is 4.74 Å². The lowest BCUT2D eigenvalue weighted by molar-refractivity contribution is 0.0945. The lowest BCUT2D eigenvalue weighted by atomic mass is 9.97. The Morgan fingerprint density at radius 3 is 3.12 bits per heavy atom. The molecule has 5 nitrogen and oxygen atoms in total. The number of aryl methyl sites for hydroxylation is 1. The number of aromatic nitrogens is 2. The maximum atomic E-state index is 12.5. The average Bonchev–Trinajstić information content (AvgIpc) is 2.88. The quantitative estimate of drug-likeness (QED) is 0.801. The van der Waals surface area contributed by atoms with Crippen LogP contribution < -0.4 is 10.1 Å². The lowest BCUT2D eigenvalue weighted by Gasteiger charge is -2.14. The van der Waals surface area contributed by atoms with E-state index >= 15 is 0 Å². The van der Waals surface area contributed by atoms with E-state index in [0.717, 1.165) is 29.6 Å². The van der Waals surface area contributed by atoms with Crippen LogP contribution in [0.5, 0.6) is 5.75 Å². The molecule has 1 amide bonds. The van der Waals surface area contributed by atoms with Crippen LogP contribution in [0.25, 0.3) is 11.0 Å². The van der Waals surface area contributed by atoms with Crippen LogP contribution in [0.15, 0.2) is 48.8 Å². The van der Waals surface area contributed by atoms with Crippen LogP contribution in [0.1, 0.15) is 22.3 Å². The summed E-state index contributed by atoms with van der Waals surface area (Å²) >= 11 is 0. The van der Waals surface area contributed by atoms with Crippen molar-refractivity contribution in [1.82, 2.24) is 14.9 Å². The summed E-state index contributed by atoms with van der Waals surface area (Å²) in [4.78, 5) is 16.8. The van der Waals surface area contributed by atoms with Crippen molar-refractivity contribution < 1.29 is 9.53 Å². The number of amides is 1. The lowest BCUT2D eigenvalue weighted by Crippen LogP contribution is -2.30. The zero-order valence-electron chi connectivity index (χ0n) is 14.2. The number of carbonyl (C=O) groups is 1. The van der Waals surface area contributed by atoms with Crippen molar-refractivity contribution >= 4 is 16.9 Å². The van der Waals surface area contributed by atoms with Crippen LogP contribution >= 0.6 is 0 Å². The normalized spacial score (nSPS) is 16.8. The standard InChI is InChI=1S/C20H21N3O2/c1-23-13-22-17-11-16(6-7-18(17)23)20(24)21-12-14-8-9-25-19-5-3-2-4-15(19)10-14/h2-7,11,13-14H,8-10,12H2,1H3,(H,21,24). The maximum absolute atomic E-state index is 12.5. The van der Waals surface area contributed by atoms with Gasteiger partial charge in [0, 0.05) is 19.2 Å². The van der Waals surface area contributed by atoms with E-state index < -0.39 is 0 Å². The third kappa shape index (κ3) is 3.22. The molecule has 1 aromatic heterocycles. The largest absolute Gasteiger partial charge is 0.493 e. The molecule has 2 aromatic carbocycles. The number of carbonyl (C=O) groups excluding carboxylic acids is 1. The van der Waals surface area contributed by atoms with E-state index in [0.29, 0.717) is 24.6 Å². The minimum absolute atomic E-state index is 0.0500. The second kappa shape index (κ2) is 6.59. The summed E-state index contributed by atoms with van der Waals surface area (Å²) < 4.78 is 7.74. The Labute approximate surface area is 146 Å². The van der Waals surface area contributed by atoms with Crippen LogP contribution in [0.2, 0.25) is 0 Å². The molecule has 0 saturated heterocycles. The van der Waals surface area contributed by atoms with E-state index in [1.807, 2.05) is 48.0 Å². The molecule has 0 spiro atoms. The summed E-state index contributed by atoms with van der Waals surface area (Å²) in [7, 11) is 1.95. The molecule has 0 bridgehead atoms. The molecule has 128 valence electrons. The highest BCUT2D eigenvalue weighted by Gasteiger charge is 2.18. The number of rotatable bonds is 3. The third-order valence-electron chi connectivity index (χ3n) is 4.80. The van der Waals surface area contributed by atoms with Crippen LogP contribution in [-0.4, -0.2) is 28.6 Å². The summed E-state index contributed by atoms with van der Waals surface area (Å²) in [6.07, 6.45) is 3.62. The van der Waals surface area contributed by atoms with Crippen LogP contribution in [-0.2, 0) is 13.5 Å². The Hall–Kier alpha value is -2.82. The predicted molar refractivity (Wildman–Crippen MR) is 96.8 cm³/mol. The fourth-order valence-electron chi connectivity index (χ4n) is 3.35. The highest BCUT2D eigenvalue weighted by atomic mass is 16.5. The molecular weight excluding hydrogens is 314 g/mol. The van der Waals surface area contributed by atoms with Crippen molar-refractivity contribution in [3.8, 4) is 5.75 Å². The van der Waals surface area contributed by atoms with Crippen molar-refractivity contribution in [2.24, 2.45) is 13.0 Å². The Balaban J connectivity index is 1.42. The monoisotopic (exact) mass is 335 g/mol. The fraction of sp³-hybridized carbons (Fsp3) is 0.300. The zero-order chi connectivity index (χ0) is 17.2. The Morgan fingerprint density at radius 2 is 2.20 bits per heavy atom.